The van der Waals surface area contributed by atoms with E-state index >= 15 is 0 Å². The average Bonchev–Trinajstić information content (AvgIpc) is 2.63. The van der Waals surface area contributed by atoms with E-state index in [1.165, 1.54) is 14.0 Å². The van der Waals surface area contributed by atoms with Crippen molar-refractivity contribution in [1.82, 2.24) is 10.6 Å². The van der Waals surface area contributed by atoms with Crippen LogP contribution in [0.4, 0.5) is 4.79 Å². The third-order valence-electron chi connectivity index (χ3n) is 4.12. The number of nitrogens with one attached hydrogen (secondary N) is 2. The number of phenolic OH excluding ortho intramolecular Hbond substituents is 1. The van der Waals surface area contributed by atoms with Crippen molar-refractivity contribution in [1.29, 1.82) is 0 Å². The second-order valence-corrected chi connectivity index (χ2v) is 6.65. The molecule has 1 heterocycles. The minimum atomic E-state index is -0.678. The summed E-state index contributed by atoms with van der Waals surface area (Å²) in [6, 6.07) is 11.3. The number of ether oxygens (including phenoxy) is 1. The van der Waals surface area contributed by atoms with E-state index in [9.17, 15) is 14.7 Å². The summed E-state index contributed by atoms with van der Waals surface area (Å²) in [6.07, 6.45) is 0. The lowest BCUT2D eigenvalue weighted by Crippen LogP contribution is -2.44. The first-order valence-corrected chi connectivity index (χ1v) is 8.66. The summed E-state index contributed by atoms with van der Waals surface area (Å²) in [5, 5.41) is 15.5. The number of carbonyl (C=O) groups excluding carboxylic acids is 2. The van der Waals surface area contributed by atoms with Gasteiger partial charge < -0.3 is 20.5 Å². The maximum Gasteiger partial charge on any atom is 0.320 e. The molecule has 7 heteroatoms. The van der Waals surface area contributed by atoms with E-state index in [4.69, 9.17) is 4.74 Å². The predicted octanol–water partition coefficient (Wildman–Crippen LogP) is 3.52. The van der Waals surface area contributed by atoms with Gasteiger partial charge in [-0.25, -0.2) is 4.79 Å². The number of methoxy groups -OCH3 is 1. The van der Waals surface area contributed by atoms with Crippen molar-refractivity contribution >= 4 is 33.4 Å². The van der Waals surface area contributed by atoms with Gasteiger partial charge in [0.2, 0.25) is 0 Å². The van der Waals surface area contributed by atoms with Crippen molar-refractivity contribution in [2.45, 2.75) is 13.0 Å². The number of halogens is 1. The highest BCUT2D eigenvalue weighted by Gasteiger charge is 2.32. The van der Waals surface area contributed by atoms with Gasteiger partial charge in [0.1, 0.15) is 0 Å². The lowest BCUT2D eigenvalue weighted by molar-refractivity contribution is -0.113. The summed E-state index contributed by atoms with van der Waals surface area (Å²) in [4.78, 5) is 24.7. The van der Waals surface area contributed by atoms with Crippen LogP contribution in [-0.4, -0.2) is 24.0 Å². The third-order valence-corrected chi connectivity index (χ3v) is 4.72. The number of hydrogen-bond acceptors (Lipinski definition) is 4. The van der Waals surface area contributed by atoms with Crippen LogP contribution >= 0.6 is 15.9 Å². The van der Waals surface area contributed by atoms with E-state index in [1.54, 1.807) is 12.1 Å². The molecular weight excluding hydrogens is 400 g/mol. The number of ketones is 1. The summed E-state index contributed by atoms with van der Waals surface area (Å²) in [5.41, 5.74) is 2.24. The van der Waals surface area contributed by atoms with Gasteiger partial charge in [0.25, 0.3) is 0 Å². The Morgan fingerprint density at radius 1 is 1.23 bits per heavy atom. The van der Waals surface area contributed by atoms with E-state index < -0.39 is 12.1 Å². The third kappa shape index (κ3) is 3.30. The minimum Gasteiger partial charge on any atom is -0.503 e. The second-order valence-electron chi connectivity index (χ2n) is 5.80. The molecule has 0 radical (unpaired) electrons. The molecule has 26 heavy (non-hydrogen) atoms. The molecule has 0 unspecified atom stereocenters. The number of Topliss-reactive ketones (excluding diaryl/α,β-unsaturated/α-hetero) is 1. The lowest BCUT2D eigenvalue weighted by atomic mass is 9.90. The Hall–Kier alpha value is -2.80. The number of aromatic hydroxyl groups is 1. The zero-order valence-corrected chi connectivity index (χ0v) is 15.8. The van der Waals surface area contributed by atoms with Gasteiger partial charge in [-0.1, -0.05) is 30.3 Å². The Morgan fingerprint density at radius 3 is 2.54 bits per heavy atom. The first kappa shape index (κ1) is 18.0. The largest absolute Gasteiger partial charge is 0.503 e. The van der Waals surface area contributed by atoms with Crippen molar-refractivity contribution in [3.63, 3.8) is 0 Å². The molecule has 2 aromatic rings. The second kappa shape index (κ2) is 7.21. The lowest BCUT2D eigenvalue weighted by Gasteiger charge is -2.30. The van der Waals surface area contributed by atoms with E-state index in [0.29, 0.717) is 21.3 Å². The monoisotopic (exact) mass is 416 g/mol. The first-order valence-electron chi connectivity index (χ1n) is 7.86. The number of hydrogen-bond donors (Lipinski definition) is 3. The van der Waals surface area contributed by atoms with Crippen LogP contribution < -0.4 is 15.4 Å². The Labute approximate surface area is 159 Å². The van der Waals surface area contributed by atoms with Crippen LogP contribution in [0.3, 0.4) is 0 Å². The first-order chi connectivity index (χ1) is 12.4. The topological polar surface area (TPSA) is 87.7 Å². The molecule has 1 aliphatic rings. The Balaban J connectivity index is 2.21. The van der Waals surface area contributed by atoms with Gasteiger partial charge in [0.15, 0.2) is 17.3 Å². The van der Waals surface area contributed by atoms with Crippen LogP contribution in [0, 0.1) is 0 Å². The molecule has 3 N–H and O–H groups in total. The molecule has 1 aliphatic heterocycles. The van der Waals surface area contributed by atoms with Crippen LogP contribution in [0.1, 0.15) is 24.1 Å². The number of phenols is 1. The number of benzene rings is 2. The average molecular weight is 417 g/mol. The van der Waals surface area contributed by atoms with E-state index in [1.807, 2.05) is 30.3 Å². The van der Waals surface area contributed by atoms with Crippen molar-refractivity contribution in [2.24, 2.45) is 0 Å². The Morgan fingerprint density at radius 2 is 1.92 bits per heavy atom. The summed E-state index contributed by atoms with van der Waals surface area (Å²) < 4.78 is 5.59. The molecule has 0 aromatic heterocycles. The highest BCUT2D eigenvalue weighted by Crippen LogP contribution is 2.40. The van der Waals surface area contributed by atoms with Crippen LogP contribution in [0.5, 0.6) is 11.5 Å². The van der Waals surface area contributed by atoms with Crippen LogP contribution in [0.15, 0.2) is 52.5 Å². The number of amides is 2. The van der Waals surface area contributed by atoms with E-state index in [2.05, 4.69) is 26.6 Å². The van der Waals surface area contributed by atoms with Crippen LogP contribution in [-0.2, 0) is 4.79 Å². The molecule has 6 nitrogen and oxygen atoms in total. The summed E-state index contributed by atoms with van der Waals surface area (Å²) in [5.74, 6) is 0.0176. The van der Waals surface area contributed by atoms with Gasteiger partial charge >= 0.3 is 6.03 Å². The van der Waals surface area contributed by atoms with Gasteiger partial charge in [0.05, 0.1) is 23.3 Å². The Bertz CT molecular complexity index is 909. The van der Waals surface area contributed by atoms with Crippen molar-refractivity contribution in [3.8, 4) is 11.5 Å². The molecule has 134 valence electrons. The van der Waals surface area contributed by atoms with Crippen molar-refractivity contribution < 1.29 is 19.4 Å². The highest BCUT2D eigenvalue weighted by atomic mass is 79.9. The fraction of sp³-hybridized carbons (Fsp3) is 0.158. The summed E-state index contributed by atoms with van der Waals surface area (Å²) >= 11 is 3.28. The maximum absolute atomic E-state index is 12.4. The highest BCUT2D eigenvalue weighted by molar-refractivity contribution is 9.10. The minimum absolute atomic E-state index is 0.0480. The van der Waals surface area contributed by atoms with Crippen LogP contribution in [0.2, 0.25) is 0 Å². The SMILES string of the molecule is COc1cc([C@H]2NC(=O)NC(c3ccccc3)=C2C(C)=O)cc(Br)c1O. The maximum atomic E-state index is 12.4. The molecule has 0 fully saturated rings. The summed E-state index contributed by atoms with van der Waals surface area (Å²) in [7, 11) is 1.43. The molecule has 3 rings (SSSR count). The Kier molecular flexibility index (Phi) is 4.99. The van der Waals surface area contributed by atoms with E-state index in [0.717, 1.165) is 5.56 Å². The molecule has 0 spiro atoms. The fourth-order valence-electron chi connectivity index (χ4n) is 2.94. The molecule has 0 bridgehead atoms. The fourth-order valence-corrected chi connectivity index (χ4v) is 3.40. The molecule has 0 saturated carbocycles. The van der Waals surface area contributed by atoms with Crippen molar-refractivity contribution in [3.05, 3.63) is 63.6 Å². The normalized spacial score (nSPS) is 16.7. The number of carbonyl (C=O) groups is 2. The van der Waals surface area contributed by atoms with Gasteiger partial charge in [0, 0.05) is 5.57 Å². The van der Waals surface area contributed by atoms with Gasteiger partial charge in [-0.15, -0.1) is 0 Å². The molecule has 0 aliphatic carbocycles. The standard InChI is InChI=1S/C19H17BrN2O4/c1-10(23)15-16(11-6-4-3-5-7-11)21-19(25)22-17(15)12-8-13(20)18(24)14(9-12)26-2/h3-9,17,24H,1-2H3,(H2,21,22,25)/t17-/m1/s1. The molecular formula is C19H17BrN2O4. The van der Waals surface area contributed by atoms with Gasteiger partial charge in [-0.3, -0.25) is 4.79 Å². The zero-order chi connectivity index (χ0) is 18.8. The van der Waals surface area contributed by atoms with Crippen LogP contribution in [0.25, 0.3) is 5.70 Å². The summed E-state index contributed by atoms with van der Waals surface area (Å²) in [6.45, 7) is 1.46. The molecule has 1 atom stereocenters. The van der Waals surface area contributed by atoms with Crippen molar-refractivity contribution in [2.75, 3.05) is 7.11 Å². The smallest absolute Gasteiger partial charge is 0.320 e. The zero-order valence-electron chi connectivity index (χ0n) is 14.2. The van der Waals surface area contributed by atoms with E-state index in [-0.39, 0.29) is 17.3 Å². The molecule has 2 aromatic carbocycles. The predicted molar refractivity (Wildman–Crippen MR) is 101 cm³/mol. The van der Waals surface area contributed by atoms with Gasteiger partial charge in [-0.05, 0) is 46.1 Å². The quantitative estimate of drug-likeness (QED) is 0.711. The molecule has 2 amide bonds. The number of urea groups is 1. The number of rotatable bonds is 4. The van der Waals surface area contributed by atoms with Gasteiger partial charge in [-0.2, -0.15) is 0 Å². The molecule has 0 saturated heterocycles.